The third kappa shape index (κ3) is 7.58. The van der Waals surface area contributed by atoms with Crippen LogP contribution >= 0.6 is 11.6 Å². The van der Waals surface area contributed by atoms with Crippen molar-refractivity contribution < 1.29 is 18.0 Å². The highest BCUT2D eigenvalue weighted by Crippen LogP contribution is 2.24. The molecule has 3 aromatic carbocycles. The van der Waals surface area contributed by atoms with Gasteiger partial charge in [-0.3, -0.25) is 13.9 Å². The summed E-state index contributed by atoms with van der Waals surface area (Å²) in [6, 6.07) is 22.8. The highest BCUT2D eigenvalue weighted by Gasteiger charge is 2.33. The van der Waals surface area contributed by atoms with Gasteiger partial charge in [0.05, 0.1) is 10.6 Å². The van der Waals surface area contributed by atoms with Gasteiger partial charge in [-0.15, -0.1) is 0 Å². The maximum Gasteiger partial charge on any atom is 0.264 e. The molecule has 0 spiro atoms. The van der Waals surface area contributed by atoms with E-state index in [0.29, 0.717) is 23.7 Å². The van der Waals surface area contributed by atoms with Gasteiger partial charge in [-0.25, -0.2) is 8.42 Å². The predicted molar refractivity (Wildman–Crippen MR) is 151 cm³/mol. The molecule has 0 aliphatic rings. The number of carbonyl (C=O) groups is 2. The minimum absolute atomic E-state index is 0.0743. The number of carbonyl (C=O) groups excluding carboxylic acids is 2. The van der Waals surface area contributed by atoms with Crippen molar-refractivity contribution in [2.24, 2.45) is 0 Å². The van der Waals surface area contributed by atoms with Gasteiger partial charge >= 0.3 is 0 Å². The number of hydrogen-bond acceptors (Lipinski definition) is 4. The fraction of sp³-hybridized carbons (Fsp3) is 0.310. The van der Waals surface area contributed by atoms with Crippen LogP contribution in [0.1, 0.15) is 38.7 Å². The van der Waals surface area contributed by atoms with Crippen LogP contribution in [0.2, 0.25) is 5.02 Å². The zero-order valence-electron chi connectivity index (χ0n) is 21.7. The molecule has 3 aromatic rings. The SMILES string of the molecule is CCCCNC(=O)C(CC)N(Cc1ccc(Cl)cc1)C(=O)CN(c1ccccc1)S(=O)(=O)c1ccccc1. The van der Waals surface area contributed by atoms with Gasteiger partial charge in [-0.05, 0) is 54.8 Å². The van der Waals surface area contributed by atoms with Gasteiger partial charge in [0.15, 0.2) is 0 Å². The monoisotopic (exact) mass is 555 g/mol. The van der Waals surface area contributed by atoms with Crippen molar-refractivity contribution in [3.63, 3.8) is 0 Å². The second kappa shape index (κ2) is 14.0. The number of benzene rings is 3. The van der Waals surface area contributed by atoms with Gasteiger partial charge in [0, 0.05) is 18.1 Å². The summed E-state index contributed by atoms with van der Waals surface area (Å²) < 4.78 is 28.5. The Balaban J connectivity index is 1.99. The van der Waals surface area contributed by atoms with Crippen molar-refractivity contribution in [3.8, 4) is 0 Å². The zero-order valence-corrected chi connectivity index (χ0v) is 23.3. The highest BCUT2D eigenvalue weighted by atomic mass is 35.5. The Bertz CT molecular complexity index is 1290. The fourth-order valence-corrected chi connectivity index (χ4v) is 5.62. The summed E-state index contributed by atoms with van der Waals surface area (Å²) in [6.07, 6.45) is 2.12. The Morgan fingerprint density at radius 1 is 0.895 bits per heavy atom. The van der Waals surface area contributed by atoms with Gasteiger partial charge < -0.3 is 10.2 Å². The number of anilines is 1. The maximum absolute atomic E-state index is 13.9. The molecule has 0 bridgehead atoms. The molecule has 0 fully saturated rings. The van der Waals surface area contributed by atoms with Crippen LogP contribution in [0.4, 0.5) is 5.69 Å². The molecule has 0 heterocycles. The molecule has 0 aliphatic heterocycles. The van der Waals surface area contributed by atoms with E-state index in [-0.39, 0.29) is 17.3 Å². The molecule has 202 valence electrons. The zero-order chi connectivity index (χ0) is 27.5. The average Bonchev–Trinajstić information content (AvgIpc) is 2.93. The van der Waals surface area contributed by atoms with Gasteiger partial charge in [0.25, 0.3) is 10.0 Å². The van der Waals surface area contributed by atoms with Crippen LogP contribution < -0.4 is 9.62 Å². The van der Waals surface area contributed by atoms with Crippen molar-refractivity contribution in [2.45, 2.75) is 50.6 Å². The van der Waals surface area contributed by atoms with Gasteiger partial charge in [-0.1, -0.05) is 80.4 Å². The normalized spacial score (nSPS) is 12.0. The van der Waals surface area contributed by atoms with Crippen LogP contribution in [0.5, 0.6) is 0 Å². The standard InChI is InChI=1S/C29H34ClN3O4S/c1-3-5-20-31-29(35)27(4-2)32(21-23-16-18-24(30)19-17-23)28(34)22-33(25-12-8-6-9-13-25)38(36,37)26-14-10-7-11-15-26/h6-19,27H,3-5,20-22H2,1-2H3,(H,31,35). The summed E-state index contributed by atoms with van der Waals surface area (Å²) in [5, 5.41) is 3.48. The van der Waals surface area contributed by atoms with E-state index in [2.05, 4.69) is 5.32 Å². The number of halogens is 1. The van der Waals surface area contributed by atoms with E-state index in [1.54, 1.807) is 72.8 Å². The Labute approximate surface area is 230 Å². The van der Waals surface area contributed by atoms with Crippen LogP contribution in [-0.2, 0) is 26.2 Å². The lowest BCUT2D eigenvalue weighted by atomic mass is 10.1. The number of nitrogens with one attached hydrogen (secondary N) is 1. The second-order valence-corrected chi connectivity index (χ2v) is 11.2. The molecule has 1 unspecified atom stereocenters. The largest absolute Gasteiger partial charge is 0.354 e. The van der Waals surface area contributed by atoms with E-state index in [9.17, 15) is 18.0 Å². The van der Waals surface area contributed by atoms with E-state index >= 15 is 0 Å². The van der Waals surface area contributed by atoms with Gasteiger partial charge in [0.1, 0.15) is 12.6 Å². The van der Waals surface area contributed by atoms with Crippen LogP contribution in [-0.4, -0.2) is 44.3 Å². The van der Waals surface area contributed by atoms with Crippen LogP contribution in [0.25, 0.3) is 0 Å². The van der Waals surface area contributed by atoms with E-state index < -0.39 is 28.5 Å². The molecule has 2 amide bonds. The van der Waals surface area contributed by atoms with Crippen molar-refractivity contribution in [2.75, 3.05) is 17.4 Å². The summed E-state index contributed by atoms with van der Waals surface area (Å²) in [7, 11) is -4.06. The number of amides is 2. The fourth-order valence-electron chi connectivity index (χ4n) is 4.05. The first-order chi connectivity index (χ1) is 18.3. The number of hydrogen-bond donors (Lipinski definition) is 1. The Morgan fingerprint density at radius 2 is 1.50 bits per heavy atom. The van der Waals surface area contributed by atoms with E-state index in [1.165, 1.54) is 17.0 Å². The Hall–Kier alpha value is -3.36. The van der Waals surface area contributed by atoms with E-state index in [4.69, 9.17) is 11.6 Å². The minimum atomic E-state index is -4.06. The summed E-state index contributed by atoms with van der Waals surface area (Å²) in [5.74, 6) is -0.749. The molecule has 0 saturated heterocycles. The third-order valence-corrected chi connectivity index (χ3v) is 8.18. The Kier molecular flexibility index (Phi) is 10.7. The van der Waals surface area contributed by atoms with Gasteiger partial charge in [-0.2, -0.15) is 0 Å². The number of para-hydroxylation sites is 1. The summed E-state index contributed by atoms with van der Waals surface area (Å²) in [5.41, 5.74) is 1.14. The van der Waals surface area contributed by atoms with Crippen LogP contribution in [0, 0.1) is 0 Å². The molecule has 9 heteroatoms. The quantitative estimate of drug-likeness (QED) is 0.291. The highest BCUT2D eigenvalue weighted by molar-refractivity contribution is 7.92. The number of sulfonamides is 1. The second-order valence-electron chi connectivity index (χ2n) is 8.88. The molecule has 0 aliphatic carbocycles. The molecule has 3 rings (SSSR count). The van der Waals surface area contributed by atoms with Crippen molar-refractivity contribution >= 4 is 39.1 Å². The number of unbranched alkanes of at least 4 members (excludes halogenated alkanes) is 1. The summed E-state index contributed by atoms with van der Waals surface area (Å²) in [6.45, 7) is 4.04. The smallest absolute Gasteiger partial charge is 0.264 e. The molecule has 0 radical (unpaired) electrons. The molecule has 1 N–H and O–H groups in total. The number of rotatable bonds is 13. The molecule has 0 saturated carbocycles. The summed E-state index contributed by atoms with van der Waals surface area (Å²) >= 11 is 6.05. The molecule has 38 heavy (non-hydrogen) atoms. The van der Waals surface area contributed by atoms with Gasteiger partial charge in [0.2, 0.25) is 11.8 Å². The van der Waals surface area contributed by atoms with E-state index in [0.717, 1.165) is 22.7 Å². The lowest BCUT2D eigenvalue weighted by Gasteiger charge is -2.33. The minimum Gasteiger partial charge on any atom is -0.354 e. The average molecular weight is 556 g/mol. The maximum atomic E-state index is 13.9. The van der Waals surface area contributed by atoms with Crippen molar-refractivity contribution in [1.82, 2.24) is 10.2 Å². The molecular formula is C29H34ClN3O4S. The van der Waals surface area contributed by atoms with Crippen LogP contribution in [0.3, 0.4) is 0 Å². The van der Waals surface area contributed by atoms with Crippen LogP contribution in [0.15, 0.2) is 89.8 Å². The van der Waals surface area contributed by atoms with Crippen molar-refractivity contribution in [3.05, 3.63) is 95.5 Å². The molecule has 7 nitrogen and oxygen atoms in total. The van der Waals surface area contributed by atoms with E-state index in [1.807, 2.05) is 13.8 Å². The van der Waals surface area contributed by atoms with Crippen molar-refractivity contribution in [1.29, 1.82) is 0 Å². The molecule has 0 aromatic heterocycles. The first-order valence-corrected chi connectivity index (χ1v) is 14.5. The summed E-state index contributed by atoms with van der Waals surface area (Å²) in [4.78, 5) is 28.6. The number of nitrogens with zero attached hydrogens (tertiary/aromatic N) is 2. The first kappa shape index (κ1) is 29.2. The third-order valence-electron chi connectivity index (χ3n) is 6.14. The lowest BCUT2D eigenvalue weighted by Crippen LogP contribution is -2.52. The lowest BCUT2D eigenvalue weighted by molar-refractivity contribution is -0.140. The topological polar surface area (TPSA) is 86.8 Å². The Morgan fingerprint density at radius 3 is 2.08 bits per heavy atom. The molecule has 1 atom stereocenters. The predicted octanol–water partition coefficient (Wildman–Crippen LogP) is 5.26. The molecular weight excluding hydrogens is 522 g/mol. The first-order valence-electron chi connectivity index (χ1n) is 12.7.